The lowest BCUT2D eigenvalue weighted by Gasteiger charge is -2.10. The van der Waals surface area contributed by atoms with Crippen molar-refractivity contribution in [3.63, 3.8) is 0 Å². The Morgan fingerprint density at radius 1 is 1.04 bits per heavy atom. The molecule has 0 saturated carbocycles. The molecule has 1 heterocycles. The molecule has 3 rings (SSSR count). The summed E-state index contributed by atoms with van der Waals surface area (Å²) < 4.78 is 5.78. The van der Waals surface area contributed by atoms with Gasteiger partial charge in [0.05, 0.1) is 17.5 Å². The van der Waals surface area contributed by atoms with Gasteiger partial charge >= 0.3 is 0 Å². The second-order valence-corrected chi connectivity index (χ2v) is 5.85. The number of ether oxygens (including phenoxy) is 1. The third kappa shape index (κ3) is 3.71. The van der Waals surface area contributed by atoms with Crippen molar-refractivity contribution in [2.75, 3.05) is 6.61 Å². The monoisotopic (exact) mass is 322 g/mol. The first-order valence-corrected chi connectivity index (χ1v) is 8.44. The maximum atomic E-state index is 12.3. The number of aromatic amines is 1. The van der Waals surface area contributed by atoms with E-state index in [0.29, 0.717) is 23.3 Å². The van der Waals surface area contributed by atoms with Crippen LogP contribution in [0.4, 0.5) is 0 Å². The molecule has 0 saturated heterocycles. The fourth-order valence-electron chi connectivity index (χ4n) is 2.73. The van der Waals surface area contributed by atoms with Crippen LogP contribution >= 0.6 is 0 Å². The summed E-state index contributed by atoms with van der Waals surface area (Å²) in [6, 6.07) is 15.3. The lowest BCUT2D eigenvalue weighted by atomic mass is 10.1. The predicted octanol–water partition coefficient (Wildman–Crippen LogP) is 4.30. The molecule has 0 aliphatic carbocycles. The fraction of sp³-hybridized carbons (Fsp3) is 0.300. The number of rotatable bonds is 7. The van der Waals surface area contributed by atoms with E-state index in [0.717, 1.165) is 24.2 Å². The zero-order valence-electron chi connectivity index (χ0n) is 13.9. The van der Waals surface area contributed by atoms with E-state index in [-0.39, 0.29) is 5.56 Å². The Bertz CT molecular complexity index is 871. The topological polar surface area (TPSA) is 55.0 Å². The number of aromatic nitrogens is 2. The van der Waals surface area contributed by atoms with Gasteiger partial charge in [-0.3, -0.25) is 4.79 Å². The lowest BCUT2D eigenvalue weighted by Crippen LogP contribution is -2.10. The van der Waals surface area contributed by atoms with Crippen LogP contribution < -0.4 is 5.56 Å². The summed E-state index contributed by atoms with van der Waals surface area (Å²) in [7, 11) is 0. The number of nitrogens with one attached hydrogen (secondary N) is 1. The highest BCUT2D eigenvalue weighted by molar-refractivity contribution is 5.79. The van der Waals surface area contributed by atoms with Crippen molar-refractivity contribution in [1.29, 1.82) is 0 Å². The molecule has 124 valence electrons. The van der Waals surface area contributed by atoms with Crippen LogP contribution in [0.2, 0.25) is 0 Å². The molecule has 0 aliphatic rings. The Morgan fingerprint density at radius 3 is 2.71 bits per heavy atom. The number of hydrogen-bond acceptors (Lipinski definition) is 3. The number of fused-ring (bicyclic) bond motifs is 1. The Hall–Kier alpha value is -2.46. The van der Waals surface area contributed by atoms with E-state index >= 15 is 0 Å². The number of benzene rings is 2. The van der Waals surface area contributed by atoms with E-state index in [1.54, 1.807) is 6.07 Å². The molecule has 3 aromatic rings. The van der Waals surface area contributed by atoms with Crippen LogP contribution in [0.1, 0.15) is 31.7 Å². The second-order valence-electron chi connectivity index (χ2n) is 5.85. The van der Waals surface area contributed by atoms with Crippen molar-refractivity contribution >= 4 is 10.9 Å². The van der Waals surface area contributed by atoms with Gasteiger partial charge in [0.2, 0.25) is 0 Å². The summed E-state index contributed by atoms with van der Waals surface area (Å²) in [6.45, 7) is 3.46. The van der Waals surface area contributed by atoms with Gasteiger partial charge in [0.1, 0.15) is 5.82 Å². The van der Waals surface area contributed by atoms with Crippen LogP contribution in [0.3, 0.4) is 0 Å². The highest BCUT2D eigenvalue weighted by Crippen LogP contribution is 2.21. The molecular weight excluding hydrogens is 300 g/mol. The minimum atomic E-state index is -0.116. The lowest BCUT2D eigenvalue weighted by molar-refractivity contribution is 0.117. The zero-order chi connectivity index (χ0) is 16.8. The van der Waals surface area contributed by atoms with Gasteiger partial charge in [-0.05, 0) is 24.1 Å². The van der Waals surface area contributed by atoms with Crippen molar-refractivity contribution in [3.05, 3.63) is 64.4 Å². The van der Waals surface area contributed by atoms with Crippen LogP contribution in [0.25, 0.3) is 22.3 Å². The summed E-state index contributed by atoms with van der Waals surface area (Å²) in [5.41, 5.74) is 2.53. The normalized spacial score (nSPS) is 11.0. The Morgan fingerprint density at radius 2 is 1.83 bits per heavy atom. The molecule has 4 nitrogen and oxygen atoms in total. The average Bonchev–Trinajstić information content (AvgIpc) is 2.62. The quantitative estimate of drug-likeness (QED) is 0.660. The third-order valence-corrected chi connectivity index (χ3v) is 4.04. The summed E-state index contributed by atoms with van der Waals surface area (Å²) in [4.78, 5) is 19.8. The first-order valence-electron chi connectivity index (χ1n) is 8.44. The summed E-state index contributed by atoms with van der Waals surface area (Å²) >= 11 is 0. The Labute approximate surface area is 141 Å². The van der Waals surface area contributed by atoms with Gasteiger partial charge in [0.15, 0.2) is 0 Å². The van der Waals surface area contributed by atoms with Crippen LogP contribution in [-0.4, -0.2) is 16.6 Å². The highest BCUT2D eigenvalue weighted by atomic mass is 16.5. The van der Waals surface area contributed by atoms with Crippen LogP contribution in [0.5, 0.6) is 0 Å². The number of nitrogens with zero attached hydrogens (tertiary/aromatic N) is 1. The van der Waals surface area contributed by atoms with Crippen molar-refractivity contribution < 1.29 is 4.74 Å². The van der Waals surface area contributed by atoms with Crippen LogP contribution in [-0.2, 0) is 11.3 Å². The summed E-state index contributed by atoms with van der Waals surface area (Å²) in [5.74, 6) is 0.589. The van der Waals surface area contributed by atoms with E-state index in [4.69, 9.17) is 4.74 Å². The zero-order valence-corrected chi connectivity index (χ0v) is 13.9. The number of hydrogen-bond donors (Lipinski definition) is 1. The van der Waals surface area contributed by atoms with Gasteiger partial charge in [0, 0.05) is 12.2 Å². The first-order chi connectivity index (χ1) is 11.8. The molecule has 0 aliphatic heterocycles. The standard InChI is InChI=1S/C20H22N2O2/c1-2-3-8-13-24-14-15-9-4-5-10-16(15)19-21-18-12-7-6-11-17(18)20(23)22-19/h4-7,9-12H,2-3,8,13-14H2,1H3,(H,21,22,23). The van der Waals surface area contributed by atoms with Gasteiger partial charge in [0.25, 0.3) is 5.56 Å². The molecule has 0 atom stereocenters. The molecule has 1 N–H and O–H groups in total. The highest BCUT2D eigenvalue weighted by Gasteiger charge is 2.09. The minimum Gasteiger partial charge on any atom is -0.377 e. The molecule has 4 heteroatoms. The van der Waals surface area contributed by atoms with Gasteiger partial charge in [-0.25, -0.2) is 4.98 Å². The number of H-pyrrole nitrogens is 1. The minimum absolute atomic E-state index is 0.116. The molecule has 24 heavy (non-hydrogen) atoms. The molecule has 0 radical (unpaired) electrons. The van der Waals surface area contributed by atoms with E-state index in [1.807, 2.05) is 42.5 Å². The molecule has 0 unspecified atom stereocenters. The van der Waals surface area contributed by atoms with E-state index in [1.165, 1.54) is 12.8 Å². The smallest absolute Gasteiger partial charge is 0.259 e. The molecule has 0 bridgehead atoms. The van der Waals surface area contributed by atoms with Crippen molar-refractivity contribution in [3.8, 4) is 11.4 Å². The first kappa shape index (κ1) is 16.4. The van der Waals surface area contributed by atoms with Gasteiger partial charge in [-0.15, -0.1) is 0 Å². The molecule has 0 fully saturated rings. The average molecular weight is 322 g/mol. The fourth-order valence-corrected chi connectivity index (χ4v) is 2.73. The Kier molecular flexibility index (Phi) is 5.39. The SMILES string of the molecule is CCCCCOCc1ccccc1-c1nc2ccccc2c(=O)[nH]1. The van der Waals surface area contributed by atoms with Gasteiger partial charge < -0.3 is 9.72 Å². The van der Waals surface area contributed by atoms with Gasteiger partial charge in [-0.1, -0.05) is 56.2 Å². The largest absolute Gasteiger partial charge is 0.377 e. The van der Waals surface area contributed by atoms with Crippen molar-refractivity contribution in [2.45, 2.75) is 32.8 Å². The van der Waals surface area contributed by atoms with Gasteiger partial charge in [-0.2, -0.15) is 0 Å². The van der Waals surface area contributed by atoms with E-state index < -0.39 is 0 Å². The molecule has 1 aromatic heterocycles. The van der Waals surface area contributed by atoms with E-state index in [9.17, 15) is 4.79 Å². The third-order valence-electron chi connectivity index (χ3n) is 4.04. The number of unbranched alkanes of at least 4 members (excludes halogenated alkanes) is 2. The summed E-state index contributed by atoms with van der Waals surface area (Å²) in [6.07, 6.45) is 3.44. The van der Waals surface area contributed by atoms with Crippen molar-refractivity contribution in [1.82, 2.24) is 9.97 Å². The second kappa shape index (κ2) is 7.88. The van der Waals surface area contributed by atoms with Crippen LogP contribution in [0.15, 0.2) is 53.3 Å². The molecule has 0 spiro atoms. The Balaban J connectivity index is 1.88. The van der Waals surface area contributed by atoms with E-state index in [2.05, 4.69) is 16.9 Å². The molecule has 2 aromatic carbocycles. The van der Waals surface area contributed by atoms with Crippen LogP contribution in [0, 0.1) is 0 Å². The van der Waals surface area contributed by atoms with Crippen molar-refractivity contribution in [2.24, 2.45) is 0 Å². The predicted molar refractivity (Wildman–Crippen MR) is 97.0 cm³/mol. The maximum absolute atomic E-state index is 12.3. The summed E-state index contributed by atoms with van der Waals surface area (Å²) in [5, 5.41) is 0.606. The maximum Gasteiger partial charge on any atom is 0.259 e. The number of para-hydroxylation sites is 1. The molecular formula is C20H22N2O2. The molecule has 0 amide bonds.